The fraction of sp³-hybridized carbons (Fsp3) is 0.0952. The number of nitrogens with zero attached hydrogens (tertiary/aromatic N) is 2. The zero-order valence-electron chi connectivity index (χ0n) is 14.1. The number of para-hydroxylation sites is 1. The number of carbonyl (C=O) groups is 1. The van der Waals surface area contributed by atoms with Gasteiger partial charge in [-0.25, -0.2) is 0 Å². The van der Waals surface area contributed by atoms with Crippen LogP contribution >= 0.6 is 0 Å². The van der Waals surface area contributed by atoms with E-state index in [4.69, 9.17) is 5.26 Å². The van der Waals surface area contributed by atoms with Crippen LogP contribution in [0.5, 0.6) is 0 Å². The number of benzene rings is 2. The Kier molecular flexibility index (Phi) is 5.58. The van der Waals surface area contributed by atoms with Crippen LogP contribution in [0.4, 0.5) is 11.4 Å². The number of amides is 1. The van der Waals surface area contributed by atoms with Gasteiger partial charge in [0.25, 0.3) is 5.91 Å². The Labute approximate surface area is 152 Å². The zero-order chi connectivity index (χ0) is 18.2. The monoisotopic (exact) mass is 342 g/mol. The number of pyridine rings is 1. The van der Waals surface area contributed by atoms with Crippen molar-refractivity contribution >= 4 is 17.3 Å². The number of aromatic nitrogens is 1. The Balaban J connectivity index is 1.63. The van der Waals surface area contributed by atoms with E-state index in [-0.39, 0.29) is 5.91 Å². The van der Waals surface area contributed by atoms with E-state index in [1.54, 1.807) is 24.4 Å². The maximum atomic E-state index is 12.3. The summed E-state index contributed by atoms with van der Waals surface area (Å²) in [6.45, 7) is 0.541. The van der Waals surface area contributed by atoms with E-state index in [0.717, 1.165) is 6.42 Å². The second-order valence-electron chi connectivity index (χ2n) is 5.70. The van der Waals surface area contributed by atoms with Crippen molar-refractivity contribution in [1.29, 1.82) is 5.26 Å². The molecule has 2 aromatic carbocycles. The fourth-order valence-corrected chi connectivity index (χ4v) is 2.53. The van der Waals surface area contributed by atoms with Gasteiger partial charge in [-0.3, -0.25) is 9.78 Å². The van der Waals surface area contributed by atoms with E-state index in [2.05, 4.69) is 21.7 Å². The van der Waals surface area contributed by atoms with E-state index in [1.807, 2.05) is 48.5 Å². The number of nitrogens with one attached hydrogen (secondary N) is 2. The van der Waals surface area contributed by atoms with E-state index >= 15 is 0 Å². The lowest BCUT2D eigenvalue weighted by Gasteiger charge is -2.09. The molecule has 0 atom stereocenters. The van der Waals surface area contributed by atoms with Gasteiger partial charge < -0.3 is 10.6 Å². The molecule has 0 aliphatic rings. The Morgan fingerprint density at radius 1 is 1.04 bits per heavy atom. The van der Waals surface area contributed by atoms with Gasteiger partial charge in [-0.15, -0.1) is 0 Å². The van der Waals surface area contributed by atoms with Gasteiger partial charge in [-0.1, -0.05) is 42.5 Å². The van der Waals surface area contributed by atoms with Crippen LogP contribution in [0.3, 0.4) is 0 Å². The summed E-state index contributed by atoms with van der Waals surface area (Å²) in [5.74, 6) is -0.224. The molecule has 5 nitrogen and oxygen atoms in total. The Morgan fingerprint density at radius 3 is 2.62 bits per heavy atom. The molecule has 0 radical (unpaired) electrons. The van der Waals surface area contributed by atoms with Gasteiger partial charge in [0.1, 0.15) is 11.8 Å². The summed E-state index contributed by atoms with van der Waals surface area (Å²) in [6.07, 6.45) is 2.34. The van der Waals surface area contributed by atoms with Crippen molar-refractivity contribution in [2.75, 3.05) is 11.9 Å². The van der Waals surface area contributed by atoms with Crippen molar-refractivity contribution in [2.24, 2.45) is 0 Å². The van der Waals surface area contributed by atoms with Gasteiger partial charge in [0, 0.05) is 18.4 Å². The maximum Gasteiger partial charge on any atom is 0.269 e. The smallest absolute Gasteiger partial charge is 0.269 e. The topological polar surface area (TPSA) is 77.8 Å². The molecule has 1 aromatic heterocycles. The molecule has 0 fully saturated rings. The first-order valence-electron chi connectivity index (χ1n) is 8.30. The highest BCUT2D eigenvalue weighted by Crippen LogP contribution is 2.20. The van der Waals surface area contributed by atoms with Crippen LogP contribution < -0.4 is 10.6 Å². The SMILES string of the molecule is N#Cc1ccccc1Nc1ccnc(C(=O)NCCc2ccccc2)c1. The lowest BCUT2D eigenvalue weighted by Crippen LogP contribution is -2.26. The number of carbonyl (C=O) groups excluding carboxylic acids is 1. The first-order chi connectivity index (χ1) is 12.8. The molecule has 2 N–H and O–H groups in total. The second kappa shape index (κ2) is 8.45. The number of anilines is 2. The van der Waals surface area contributed by atoms with Crippen molar-refractivity contribution in [3.8, 4) is 6.07 Å². The summed E-state index contributed by atoms with van der Waals surface area (Å²) in [7, 11) is 0. The van der Waals surface area contributed by atoms with Crippen molar-refractivity contribution in [3.05, 3.63) is 89.7 Å². The molecule has 128 valence electrons. The third-order valence-corrected chi connectivity index (χ3v) is 3.86. The minimum Gasteiger partial charge on any atom is -0.354 e. The summed E-state index contributed by atoms with van der Waals surface area (Å²) in [5, 5.41) is 15.2. The molecule has 0 saturated carbocycles. The van der Waals surface area contributed by atoms with Crippen LogP contribution in [0.25, 0.3) is 0 Å². The van der Waals surface area contributed by atoms with Gasteiger partial charge in [0.05, 0.1) is 11.3 Å². The number of hydrogen-bond donors (Lipinski definition) is 2. The largest absolute Gasteiger partial charge is 0.354 e. The van der Waals surface area contributed by atoms with Gasteiger partial charge in [0.15, 0.2) is 0 Å². The van der Waals surface area contributed by atoms with Crippen LogP contribution in [0.1, 0.15) is 21.6 Å². The predicted octanol–water partition coefficient (Wildman–Crippen LogP) is 3.67. The second-order valence-corrected chi connectivity index (χ2v) is 5.70. The van der Waals surface area contributed by atoms with Gasteiger partial charge in [0.2, 0.25) is 0 Å². The molecule has 0 aliphatic carbocycles. The fourth-order valence-electron chi connectivity index (χ4n) is 2.53. The van der Waals surface area contributed by atoms with Crippen LogP contribution in [0.2, 0.25) is 0 Å². The highest BCUT2D eigenvalue weighted by Gasteiger charge is 2.08. The van der Waals surface area contributed by atoms with Crippen molar-refractivity contribution in [1.82, 2.24) is 10.3 Å². The van der Waals surface area contributed by atoms with Crippen LogP contribution in [-0.4, -0.2) is 17.4 Å². The molecule has 0 aliphatic heterocycles. The molecule has 0 unspecified atom stereocenters. The van der Waals surface area contributed by atoms with Crippen molar-refractivity contribution < 1.29 is 4.79 Å². The standard InChI is InChI=1S/C21H18N4O/c22-15-17-8-4-5-9-19(17)25-18-11-13-23-20(14-18)21(26)24-12-10-16-6-2-1-3-7-16/h1-9,11,13-14H,10,12H2,(H,23,25)(H,24,26). The first kappa shape index (κ1) is 17.2. The Bertz CT molecular complexity index is 932. The number of rotatable bonds is 6. The minimum atomic E-state index is -0.224. The highest BCUT2D eigenvalue weighted by atomic mass is 16.1. The molecule has 5 heteroatoms. The lowest BCUT2D eigenvalue weighted by atomic mass is 10.1. The molecule has 1 amide bonds. The molecule has 3 aromatic rings. The molecule has 26 heavy (non-hydrogen) atoms. The van der Waals surface area contributed by atoms with Crippen LogP contribution in [-0.2, 0) is 6.42 Å². The summed E-state index contributed by atoms with van der Waals surface area (Å²) in [5.41, 5.74) is 3.44. The maximum absolute atomic E-state index is 12.3. The Hall–Kier alpha value is -3.65. The average Bonchev–Trinajstić information content (AvgIpc) is 2.69. The number of hydrogen-bond acceptors (Lipinski definition) is 4. The first-order valence-corrected chi connectivity index (χ1v) is 8.30. The quantitative estimate of drug-likeness (QED) is 0.716. The van der Waals surface area contributed by atoms with Crippen LogP contribution in [0, 0.1) is 11.3 Å². The minimum absolute atomic E-state index is 0.224. The highest BCUT2D eigenvalue weighted by molar-refractivity contribution is 5.93. The number of nitriles is 1. The molecule has 0 saturated heterocycles. The van der Waals surface area contributed by atoms with Crippen LogP contribution in [0.15, 0.2) is 72.9 Å². The lowest BCUT2D eigenvalue weighted by molar-refractivity contribution is 0.0949. The molecule has 0 spiro atoms. The average molecular weight is 342 g/mol. The molecule has 1 heterocycles. The van der Waals surface area contributed by atoms with E-state index < -0.39 is 0 Å². The summed E-state index contributed by atoms with van der Waals surface area (Å²) in [4.78, 5) is 16.4. The van der Waals surface area contributed by atoms with E-state index in [0.29, 0.717) is 29.2 Å². The molecule has 3 rings (SSSR count). The van der Waals surface area contributed by atoms with Gasteiger partial charge in [-0.05, 0) is 36.2 Å². The predicted molar refractivity (Wildman–Crippen MR) is 101 cm³/mol. The summed E-state index contributed by atoms with van der Waals surface area (Å²) in [6, 6.07) is 22.8. The van der Waals surface area contributed by atoms with E-state index in [1.165, 1.54) is 5.56 Å². The third kappa shape index (κ3) is 4.46. The zero-order valence-corrected chi connectivity index (χ0v) is 14.1. The van der Waals surface area contributed by atoms with Crippen molar-refractivity contribution in [2.45, 2.75) is 6.42 Å². The summed E-state index contributed by atoms with van der Waals surface area (Å²) >= 11 is 0. The molecular formula is C21H18N4O. The Morgan fingerprint density at radius 2 is 1.81 bits per heavy atom. The molecular weight excluding hydrogens is 324 g/mol. The van der Waals surface area contributed by atoms with Gasteiger partial charge >= 0.3 is 0 Å². The summed E-state index contributed by atoms with van der Waals surface area (Å²) < 4.78 is 0. The molecule has 0 bridgehead atoms. The van der Waals surface area contributed by atoms with Crippen molar-refractivity contribution in [3.63, 3.8) is 0 Å². The van der Waals surface area contributed by atoms with E-state index in [9.17, 15) is 4.79 Å². The van der Waals surface area contributed by atoms with Gasteiger partial charge in [-0.2, -0.15) is 5.26 Å². The normalized spacial score (nSPS) is 9.96. The third-order valence-electron chi connectivity index (χ3n) is 3.86.